The second-order valence-corrected chi connectivity index (χ2v) is 7.31. The molecule has 7 nitrogen and oxygen atoms in total. The summed E-state index contributed by atoms with van der Waals surface area (Å²) in [6, 6.07) is 13.2. The van der Waals surface area contributed by atoms with Crippen LogP contribution in [0.2, 0.25) is 0 Å². The zero-order valence-corrected chi connectivity index (χ0v) is 16.2. The molecule has 1 fully saturated rings. The number of rotatable bonds is 5. The fourth-order valence-corrected chi connectivity index (χ4v) is 3.16. The smallest absolute Gasteiger partial charge is 0.259 e. The number of halogens is 1. The largest absolute Gasteiger partial charge is 0.339 e. The summed E-state index contributed by atoms with van der Waals surface area (Å²) in [7, 11) is 0. The third-order valence-electron chi connectivity index (χ3n) is 5.00. The van der Waals surface area contributed by atoms with Crippen molar-refractivity contribution in [1.82, 2.24) is 19.9 Å². The summed E-state index contributed by atoms with van der Waals surface area (Å²) in [6.07, 6.45) is 3.88. The molecule has 2 aromatic carbocycles. The molecule has 1 amide bonds. The Morgan fingerprint density at radius 1 is 1.13 bits per heavy atom. The summed E-state index contributed by atoms with van der Waals surface area (Å²) in [6.45, 7) is 1.77. The van der Waals surface area contributed by atoms with Crippen LogP contribution in [0.15, 0.2) is 59.3 Å². The molecule has 30 heavy (non-hydrogen) atoms. The molecular formula is C22H18FN5O2. The van der Waals surface area contributed by atoms with Gasteiger partial charge in [0.15, 0.2) is 0 Å². The number of aromatic nitrogens is 4. The molecule has 0 unspecified atom stereocenters. The van der Waals surface area contributed by atoms with Crippen LogP contribution in [0.1, 0.15) is 40.7 Å². The predicted octanol–water partition coefficient (Wildman–Crippen LogP) is 4.50. The van der Waals surface area contributed by atoms with Crippen molar-refractivity contribution in [3.63, 3.8) is 0 Å². The van der Waals surface area contributed by atoms with Crippen molar-refractivity contribution < 1.29 is 13.7 Å². The summed E-state index contributed by atoms with van der Waals surface area (Å²) in [5.41, 5.74) is 3.20. The first-order valence-electron chi connectivity index (χ1n) is 9.64. The van der Waals surface area contributed by atoms with Gasteiger partial charge < -0.3 is 9.84 Å². The summed E-state index contributed by atoms with van der Waals surface area (Å²) in [5.74, 6) is 1.02. The zero-order valence-electron chi connectivity index (χ0n) is 16.2. The molecule has 0 aliphatic heterocycles. The molecule has 4 aromatic rings. The van der Waals surface area contributed by atoms with Gasteiger partial charge in [-0.05, 0) is 68.3 Å². The summed E-state index contributed by atoms with van der Waals surface area (Å²) in [4.78, 5) is 17.0. The van der Waals surface area contributed by atoms with Gasteiger partial charge in [-0.2, -0.15) is 10.1 Å². The van der Waals surface area contributed by atoms with E-state index in [-0.39, 0.29) is 11.7 Å². The summed E-state index contributed by atoms with van der Waals surface area (Å²) in [5, 5.41) is 11.2. The number of hydrogen-bond donors (Lipinski definition) is 1. The van der Waals surface area contributed by atoms with E-state index in [9.17, 15) is 9.18 Å². The molecule has 2 heterocycles. The molecule has 8 heteroatoms. The Balaban J connectivity index is 1.34. The van der Waals surface area contributed by atoms with E-state index in [1.165, 1.54) is 24.3 Å². The van der Waals surface area contributed by atoms with Crippen molar-refractivity contribution in [2.75, 3.05) is 5.32 Å². The lowest BCUT2D eigenvalue weighted by Gasteiger charge is -2.04. The lowest BCUT2D eigenvalue weighted by atomic mass is 10.2. The van der Waals surface area contributed by atoms with Crippen molar-refractivity contribution in [3.05, 3.63) is 77.7 Å². The maximum Gasteiger partial charge on any atom is 0.259 e. The highest BCUT2D eigenvalue weighted by Gasteiger charge is 2.29. The van der Waals surface area contributed by atoms with Crippen LogP contribution >= 0.6 is 0 Å². The number of nitrogens with zero attached hydrogens (tertiary/aromatic N) is 4. The Bertz CT molecular complexity index is 1210. The maximum absolute atomic E-state index is 13.0. The van der Waals surface area contributed by atoms with Crippen LogP contribution in [0.3, 0.4) is 0 Å². The van der Waals surface area contributed by atoms with Gasteiger partial charge in [0.1, 0.15) is 5.82 Å². The first-order valence-corrected chi connectivity index (χ1v) is 9.64. The number of anilines is 1. The Morgan fingerprint density at radius 2 is 1.87 bits per heavy atom. The van der Waals surface area contributed by atoms with Gasteiger partial charge >= 0.3 is 0 Å². The highest BCUT2D eigenvalue weighted by atomic mass is 19.1. The molecule has 0 saturated heterocycles. The molecule has 0 bridgehead atoms. The SMILES string of the molecule is Cc1nn(-c2ccc(-c3noc(C4CC4)n3)cc2)cc1C(=O)Nc1ccc(F)cc1. The first kappa shape index (κ1) is 18.2. The maximum atomic E-state index is 13.0. The molecule has 1 aliphatic carbocycles. The Morgan fingerprint density at radius 3 is 2.57 bits per heavy atom. The number of nitrogens with one attached hydrogen (secondary N) is 1. The van der Waals surface area contributed by atoms with E-state index in [4.69, 9.17) is 4.52 Å². The van der Waals surface area contributed by atoms with Gasteiger partial charge in [0.25, 0.3) is 5.91 Å². The predicted molar refractivity (Wildman–Crippen MR) is 108 cm³/mol. The number of aryl methyl sites for hydroxylation is 1. The van der Waals surface area contributed by atoms with E-state index < -0.39 is 0 Å². The third kappa shape index (κ3) is 3.59. The van der Waals surface area contributed by atoms with E-state index in [1.54, 1.807) is 17.8 Å². The molecule has 0 radical (unpaired) electrons. The van der Waals surface area contributed by atoms with Crippen molar-refractivity contribution in [2.24, 2.45) is 0 Å². The fraction of sp³-hybridized carbons (Fsp3) is 0.182. The quantitative estimate of drug-likeness (QED) is 0.530. The highest BCUT2D eigenvalue weighted by molar-refractivity contribution is 6.04. The van der Waals surface area contributed by atoms with Crippen LogP contribution < -0.4 is 5.32 Å². The minimum Gasteiger partial charge on any atom is -0.339 e. The number of carbonyl (C=O) groups is 1. The molecule has 1 N–H and O–H groups in total. The average Bonchev–Trinajstić information content (AvgIpc) is 3.35. The van der Waals surface area contributed by atoms with Crippen LogP contribution in [-0.4, -0.2) is 25.8 Å². The van der Waals surface area contributed by atoms with Gasteiger partial charge in [-0.3, -0.25) is 4.79 Å². The molecule has 150 valence electrons. The van der Waals surface area contributed by atoms with Crippen LogP contribution in [0, 0.1) is 12.7 Å². The summed E-state index contributed by atoms with van der Waals surface area (Å²) < 4.78 is 20.0. The molecule has 0 atom stereocenters. The zero-order chi connectivity index (χ0) is 20.7. The van der Waals surface area contributed by atoms with E-state index in [0.717, 1.165) is 24.1 Å². The molecular weight excluding hydrogens is 385 g/mol. The Hall–Kier alpha value is -3.81. The van der Waals surface area contributed by atoms with E-state index >= 15 is 0 Å². The van der Waals surface area contributed by atoms with Gasteiger partial charge in [0, 0.05) is 23.4 Å². The van der Waals surface area contributed by atoms with E-state index in [0.29, 0.717) is 34.6 Å². The van der Waals surface area contributed by atoms with Crippen molar-refractivity contribution >= 4 is 11.6 Å². The van der Waals surface area contributed by atoms with Gasteiger partial charge in [-0.25, -0.2) is 9.07 Å². The number of carbonyl (C=O) groups excluding carboxylic acids is 1. The van der Waals surface area contributed by atoms with Gasteiger partial charge in [-0.1, -0.05) is 5.16 Å². The molecule has 2 aromatic heterocycles. The first-order chi connectivity index (χ1) is 14.6. The third-order valence-corrected chi connectivity index (χ3v) is 5.00. The van der Waals surface area contributed by atoms with Crippen LogP contribution in [0.4, 0.5) is 10.1 Å². The van der Waals surface area contributed by atoms with E-state index in [1.807, 2.05) is 24.3 Å². The second kappa shape index (κ2) is 7.22. The average molecular weight is 403 g/mol. The highest BCUT2D eigenvalue weighted by Crippen LogP contribution is 2.39. The normalized spacial score (nSPS) is 13.4. The standard InChI is InChI=1S/C22H18FN5O2/c1-13-19(21(29)24-17-8-6-16(23)7-9-17)12-28(26-13)18-10-4-14(5-11-18)20-25-22(30-27-20)15-2-3-15/h4-12,15H,2-3H2,1H3,(H,24,29). The van der Waals surface area contributed by atoms with Crippen molar-refractivity contribution in [2.45, 2.75) is 25.7 Å². The van der Waals surface area contributed by atoms with Crippen LogP contribution in [0.25, 0.3) is 17.1 Å². The van der Waals surface area contributed by atoms with Gasteiger partial charge in [-0.15, -0.1) is 0 Å². The molecule has 1 saturated carbocycles. The van der Waals surface area contributed by atoms with Crippen molar-refractivity contribution in [3.8, 4) is 17.1 Å². The lowest BCUT2D eigenvalue weighted by Crippen LogP contribution is -2.12. The van der Waals surface area contributed by atoms with E-state index in [2.05, 4.69) is 20.6 Å². The van der Waals surface area contributed by atoms with Gasteiger partial charge in [0.05, 0.1) is 16.9 Å². The molecule has 0 spiro atoms. The fourth-order valence-electron chi connectivity index (χ4n) is 3.16. The lowest BCUT2D eigenvalue weighted by molar-refractivity contribution is 0.102. The topological polar surface area (TPSA) is 85.8 Å². The molecule has 1 aliphatic rings. The van der Waals surface area contributed by atoms with Crippen LogP contribution in [-0.2, 0) is 0 Å². The minimum absolute atomic E-state index is 0.304. The number of hydrogen-bond acceptors (Lipinski definition) is 5. The molecule has 5 rings (SSSR count). The van der Waals surface area contributed by atoms with Crippen molar-refractivity contribution in [1.29, 1.82) is 0 Å². The Labute approximate surface area is 171 Å². The number of benzene rings is 2. The monoisotopic (exact) mass is 403 g/mol. The second-order valence-electron chi connectivity index (χ2n) is 7.31. The van der Waals surface area contributed by atoms with Gasteiger partial charge in [0.2, 0.25) is 11.7 Å². The van der Waals surface area contributed by atoms with Crippen LogP contribution in [0.5, 0.6) is 0 Å². The Kier molecular flexibility index (Phi) is 4.39. The minimum atomic E-state index is -0.356. The number of amides is 1. The summed E-state index contributed by atoms with van der Waals surface area (Å²) >= 11 is 0.